The Hall–Kier alpha value is -0.420. The van der Waals surface area contributed by atoms with E-state index in [1.807, 2.05) is 0 Å². The second-order valence-electron chi connectivity index (χ2n) is 3.76. The minimum absolute atomic E-state index is 0.0137. The van der Waals surface area contributed by atoms with Gasteiger partial charge in [0.25, 0.3) is 0 Å². The van der Waals surface area contributed by atoms with Gasteiger partial charge in [0.1, 0.15) is 0 Å². The number of rotatable bonds is 0. The van der Waals surface area contributed by atoms with Crippen molar-refractivity contribution in [2.75, 3.05) is 0 Å². The molecule has 0 spiro atoms. The fraction of sp³-hybridized carbons (Fsp3) is 1.00. The van der Waals surface area contributed by atoms with Gasteiger partial charge >= 0.3 is 12.4 Å². The fourth-order valence-electron chi connectivity index (χ4n) is 2.18. The highest BCUT2D eigenvalue weighted by Gasteiger charge is 2.73. The summed E-state index contributed by atoms with van der Waals surface area (Å²) in [5.41, 5.74) is -3.47. The van der Waals surface area contributed by atoms with E-state index in [1.165, 1.54) is 0 Å². The lowest BCUT2D eigenvalue weighted by Gasteiger charge is -2.37. The molecule has 1 aliphatic carbocycles. The van der Waals surface area contributed by atoms with Crippen LogP contribution in [0.15, 0.2) is 0 Å². The molecule has 0 aromatic heterocycles. The predicted octanol–water partition coefficient (Wildman–Crippen LogP) is 3.92. The number of hydrogen-bond acceptors (Lipinski definition) is 0. The molecule has 0 radical (unpaired) electrons. The van der Waals surface area contributed by atoms with E-state index >= 15 is 0 Å². The monoisotopic (exact) mass is 220 g/mol. The molecule has 0 N–H and O–H groups in total. The molecule has 0 aromatic rings. The maximum absolute atomic E-state index is 12.4. The molecule has 0 saturated heterocycles. The summed E-state index contributed by atoms with van der Waals surface area (Å²) in [5, 5.41) is 0. The smallest absolute Gasteiger partial charge is 0.170 e. The van der Waals surface area contributed by atoms with Crippen LogP contribution in [0.1, 0.15) is 26.2 Å². The van der Waals surface area contributed by atoms with Crippen molar-refractivity contribution in [3.8, 4) is 0 Å². The molecule has 0 aliphatic heterocycles. The molecule has 0 nitrogen and oxygen atoms in total. The summed E-state index contributed by atoms with van der Waals surface area (Å²) in [6.07, 6.45) is -11.2. The maximum Gasteiger partial charge on any atom is 0.403 e. The lowest BCUT2D eigenvalue weighted by atomic mass is 9.77. The van der Waals surface area contributed by atoms with Gasteiger partial charge in [0, 0.05) is 0 Å². The summed E-state index contributed by atoms with van der Waals surface area (Å²) in [4.78, 5) is 0. The average molecular weight is 220 g/mol. The Balaban J connectivity index is 3.16. The SMILES string of the molecule is C[C@@H]1CCCC1(C(F)(F)F)C(F)(F)F. The van der Waals surface area contributed by atoms with Gasteiger partial charge < -0.3 is 0 Å². The van der Waals surface area contributed by atoms with Crippen LogP contribution in [0.2, 0.25) is 0 Å². The van der Waals surface area contributed by atoms with Gasteiger partial charge in [-0.15, -0.1) is 0 Å². The van der Waals surface area contributed by atoms with Gasteiger partial charge in [-0.2, -0.15) is 26.3 Å². The van der Waals surface area contributed by atoms with E-state index in [0.717, 1.165) is 6.92 Å². The Morgan fingerprint density at radius 3 is 1.57 bits per heavy atom. The van der Waals surface area contributed by atoms with E-state index in [4.69, 9.17) is 0 Å². The molecule has 1 fully saturated rings. The van der Waals surface area contributed by atoms with E-state index < -0.39 is 30.1 Å². The molecule has 1 aliphatic rings. The molecular formula is C8H10F6. The van der Waals surface area contributed by atoms with E-state index in [1.54, 1.807) is 0 Å². The molecule has 6 heteroatoms. The van der Waals surface area contributed by atoms with Gasteiger partial charge in [-0.1, -0.05) is 13.3 Å². The fourth-order valence-corrected chi connectivity index (χ4v) is 2.18. The maximum atomic E-state index is 12.4. The van der Waals surface area contributed by atoms with Crippen molar-refractivity contribution in [1.29, 1.82) is 0 Å². The van der Waals surface area contributed by atoms with Crippen LogP contribution >= 0.6 is 0 Å². The molecule has 0 bridgehead atoms. The van der Waals surface area contributed by atoms with E-state index in [-0.39, 0.29) is 12.8 Å². The molecule has 0 amide bonds. The summed E-state index contributed by atoms with van der Waals surface area (Å²) in [5.74, 6) is -1.37. The normalized spacial score (nSPS) is 28.1. The molecule has 1 atom stereocenters. The first-order chi connectivity index (χ1) is 6.13. The summed E-state index contributed by atoms with van der Waals surface area (Å²) in [7, 11) is 0. The van der Waals surface area contributed by atoms with E-state index in [2.05, 4.69) is 0 Å². The van der Waals surface area contributed by atoms with Gasteiger partial charge in [0.05, 0.1) is 0 Å². The van der Waals surface area contributed by atoms with Crippen LogP contribution < -0.4 is 0 Å². The van der Waals surface area contributed by atoms with Crippen molar-refractivity contribution >= 4 is 0 Å². The number of halogens is 6. The van der Waals surface area contributed by atoms with E-state index in [0.29, 0.717) is 0 Å². The first kappa shape index (κ1) is 11.7. The quantitative estimate of drug-likeness (QED) is 0.543. The van der Waals surface area contributed by atoms with Crippen LogP contribution in [0, 0.1) is 11.3 Å². The summed E-state index contributed by atoms with van der Waals surface area (Å²) in [6.45, 7) is 1.02. The van der Waals surface area contributed by atoms with E-state index in [9.17, 15) is 26.3 Å². The van der Waals surface area contributed by atoms with Crippen molar-refractivity contribution in [2.45, 2.75) is 38.5 Å². The lowest BCUT2D eigenvalue weighted by molar-refractivity contribution is -0.351. The Kier molecular flexibility index (Phi) is 2.53. The second-order valence-corrected chi connectivity index (χ2v) is 3.76. The van der Waals surface area contributed by atoms with Crippen LogP contribution in [-0.2, 0) is 0 Å². The molecule has 0 aromatic carbocycles. The summed E-state index contributed by atoms with van der Waals surface area (Å²) < 4.78 is 74.7. The minimum Gasteiger partial charge on any atom is -0.170 e. The van der Waals surface area contributed by atoms with Crippen molar-refractivity contribution in [2.24, 2.45) is 11.3 Å². The van der Waals surface area contributed by atoms with Gasteiger partial charge in [0.2, 0.25) is 0 Å². The molecule has 1 saturated carbocycles. The Labute approximate surface area is 77.3 Å². The van der Waals surface area contributed by atoms with Crippen LogP contribution in [-0.4, -0.2) is 12.4 Å². The molecule has 84 valence electrons. The first-order valence-corrected chi connectivity index (χ1v) is 4.26. The molecular weight excluding hydrogens is 210 g/mol. The molecule has 0 heterocycles. The molecule has 14 heavy (non-hydrogen) atoms. The van der Waals surface area contributed by atoms with Gasteiger partial charge in [-0.25, -0.2) is 0 Å². The summed E-state index contributed by atoms with van der Waals surface area (Å²) >= 11 is 0. The van der Waals surface area contributed by atoms with Crippen molar-refractivity contribution in [3.05, 3.63) is 0 Å². The Morgan fingerprint density at radius 2 is 1.43 bits per heavy atom. The highest BCUT2D eigenvalue weighted by molar-refractivity contribution is 5.00. The van der Waals surface area contributed by atoms with Crippen LogP contribution in [0.4, 0.5) is 26.3 Å². The van der Waals surface area contributed by atoms with Gasteiger partial charge in [0.15, 0.2) is 5.41 Å². The zero-order valence-electron chi connectivity index (χ0n) is 7.47. The highest BCUT2D eigenvalue weighted by atomic mass is 19.4. The Morgan fingerprint density at radius 1 is 1.00 bits per heavy atom. The predicted molar refractivity (Wildman–Crippen MR) is 37.6 cm³/mol. The third kappa shape index (κ3) is 1.39. The standard InChI is InChI=1S/C8H10F6/c1-5-3-2-4-6(5,7(9,10)11)8(12,13)14/h5H,2-4H2,1H3/t5-/m1/s1. The molecule has 1 rings (SSSR count). The molecule has 0 unspecified atom stereocenters. The minimum atomic E-state index is -5.19. The van der Waals surface area contributed by atoms with Gasteiger partial charge in [-0.3, -0.25) is 0 Å². The number of alkyl halides is 6. The van der Waals surface area contributed by atoms with Crippen molar-refractivity contribution < 1.29 is 26.3 Å². The Bertz CT molecular complexity index is 199. The zero-order chi connectivity index (χ0) is 11.2. The average Bonchev–Trinajstić information content (AvgIpc) is 2.27. The highest BCUT2D eigenvalue weighted by Crippen LogP contribution is 2.62. The van der Waals surface area contributed by atoms with Crippen LogP contribution in [0.5, 0.6) is 0 Å². The second kappa shape index (κ2) is 3.03. The third-order valence-electron chi connectivity index (χ3n) is 3.06. The van der Waals surface area contributed by atoms with Crippen molar-refractivity contribution in [3.63, 3.8) is 0 Å². The zero-order valence-corrected chi connectivity index (χ0v) is 7.47. The third-order valence-corrected chi connectivity index (χ3v) is 3.06. The number of hydrogen-bond donors (Lipinski definition) is 0. The first-order valence-electron chi connectivity index (χ1n) is 4.26. The van der Waals surface area contributed by atoms with Crippen LogP contribution in [0.3, 0.4) is 0 Å². The van der Waals surface area contributed by atoms with Crippen LogP contribution in [0.25, 0.3) is 0 Å². The lowest BCUT2D eigenvalue weighted by Crippen LogP contribution is -2.51. The van der Waals surface area contributed by atoms with Crippen molar-refractivity contribution in [1.82, 2.24) is 0 Å². The largest absolute Gasteiger partial charge is 0.403 e. The summed E-state index contributed by atoms with van der Waals surface area (Å²) in [6, 6.07) is 0. The van der Waals surface area contributed by atoms with Gasteiger partial charge in [-0.05, 0) is 18.8 Å². The topological polar surface area (TPSA) is 0 Å².